The molecule has 4 heteroatoms. The summed E-state index contributed by atoms with van der Waals surface area (Å²) in [4.78, 5) is 0. The van der Waals surface area contributed by atoms with Crippen molar-refractivity contribution in [2.24, 2.45) is 0 Å². The molecular formula is C9H20O4. The van der Waals surface area contributed by atoms with Crippen molar-refractivity contribution in [1.82, 2.24) is 0 Å². The van der Waals surface area contributed by atoms with Crippen LogP contribution in [0.5, 0.6) is 0 Å². The average Bonchev–Trinajstić information content (AvgIpc) is 2.00. The van der Waals surface area contributed by atoms with Crippen LogP contribution in [-0.2, 0) is 9.47 Å². The lowest BCUT2D eigenvalue weighted by atomic mass is 10.2. The van der Waals surface area contributed by atoms with Gasteiger partial charge in [-0.1, -0.05) is 0 Å². The zero-order chi connectivity index (χ0) is 10.3. The molecule has 0 aliphatic heterocycles. The van der Waals surface area contributed by atoms with Gasteiger partial charge in [-0.05, 0) is 20.8 Å². The summed E-state index contributed by atoms with van der Waals surface area (Å²) in [6, 6.07) is 0. The molecule has 0 aliphatic carbocycles. The molecule has 80 valence electrons. The van der Waals surface area contributed by atoms with Crippen molar-refractivity contribution in [2.75, 3.05) is 26.4 Å². The molecule has 0 unspecified atom stereocenters. The van der Waals surface area contributed by atoms with E-state index in [1.165, 1.54) is 0 Å². The first-order valence-electron chi connectivity index (χ1n) is 4.46. The Labute approximate surface area is 79.5 Å². The van der Waals surface area contributed by atoms with Gasteiger partial charge in [-0.3, -0.25) is 0 Å². The van der Waals surface area contributed by atoms with Crippen LogP contribution in [0.3, 0.4) is 0 Å². The van der Waals surface area contributed by atoms with E-state index >= 15 is 0 Å². The van der Waals surface area contributed by atoms with Crippen LogP contribution in [0, 0.1) is 0 Å². The van der Waals surface area contributed by atoms with Gasteiger partial charge in [0.15, 0.2) is 0 Å². The number of hydrogen-bond donors (Lipinski definition) is 2. The molecular weight excluding hydrogens is 172 g/mol. The molecule has 0 radical (unpaired) electrons. The smallest absolute Gasteiger partial charge is 0.101 e. The Morgan fingerprint density at radius 1 is 1.23 bits per heavy atom. The first-order valence-corrected chi connectivity index (χ1v) is 4.46. The zero-order valence-corrected chi connectivity index (χ0v) is 8.62. The van der Waals surface area contributed by atoms with Crippen molar-refractivity contribution in [2.45, 2.75) is 32.5 Å². The molecule has 0 aliphatic rings. The highest BCUT2D eigenvalue weighted by Gasteiger charge is 2.13. The molecule has 0 rings (SSSR count). The molecule has 0 bridgehead atoms. The van der Waals surface area contributed by atoms with Crippen LogP contribution < -0.4 is 0 Å². The van der Waals surface area contributed by atoms with Crippen LogP contribution >= 0.6 is 0 Å². The van der Waals surface area contributed by atoms with Gasteiger partial charge in [0.25, 0.3) is 0 Å². The predicted octanol–water partition coefficient (Wildman–Crippen LogP) is 0.171. The van der Waals surface area contributed by atoms with E-state index in [-0.39, 0.29) is 32.0 Å². The third-order valence-electron chi connectivity index (χ3n) is 1.25. The molecule has 0 spiro atoms. The van der Waals surface area contributed by atoms with Gasteiger partial charge in [-0.2, -0.15) is 0 Å². The van der Waals surface area contributed by atoms with Crippen molar-refractivity contribution in [3.05, 3.63) is 0 Å². The van der Waals surface area contributed by atoms with E-state index in [4.69, 9.17) is 14.6 Å². The number of rotatable bonds is 6. The second-order valence-electron chi connectivity index (χ2n) is 3.88. The van der Waals surface area contributed by atoms with E-state index in [1.54, 1.807) is 0 Å². The normalized spacial score (nSPS) is 14.5. The number of ether oxygens (including phenoxy) is 2. The first-order chi connectivity index (χ1) is 5.95. The van der Waals surface area contributed by atoms with Crippen LogP contribution in [0.15, 0.2) is 0 Å². The Hall–Kier alpha value is -0.160. The van der Waals surface area contributed by atoms with E-state index in [2.05, 4.69) is 0 Å². The van der Waals surface area contributed by atoms with Crippen LogP contribution in [0.1, 0.15) is 20.8 Å². The largest absolute Gasteiger partial charge is 0.394 e. The molecule has 0 aromatic rings. The Morgan fingerprint density at radius 2 is 1.85 bits per heavy atom. The fourth-order valence-corrected chi connectivity index (χ4v) is 0.678. The molecule has 0 aromatic heterocycles. The number of hydrogen-bond acceptors (Lipinski definition) is 4. The molecule has 2 N–H and O–H groups in total. The third kappa shape index (κ3) is 9.76. The molecule has 4 nitrogen and oxygen atoms in total. The molecule has 0 aromatic carbocycles. The van der Waals surface area contributed by atoms with Gasteiger partial charge in [0.1, 0.15) is 6.10 Å². The van der Waals surface area contributed by atoms with Crippen LogP contribution in [-0.4, -0.2) is 48.3 Å². The lowest BCUT2D eigenvalue weighted by Crippen LogP contribution is -2.29. The number of aliphatic hydroxyl groups is 2. The second-order valence-corrected chi connectivity index (χ2v) is 3.88. The quantitative estimate of drug-likeness (QED) is 0.589. The van der Waals surface area contributed by atoms with Crippen molar-refractivity contribution in [3.8, 4) is 0 Å². The summed E-state index contributed by atoms with van der Waals surface area (Å²) >= 11 is 0. The summed E-state index contributed by atoms with van der Waals surface area (Å²) in [6.07, 6.45) is -0.620. The summed E-state index contributed by atoms with van der Waals surface area (Å²) in [5.74, 6) is 0. The zero-order valence-electron chi connectivity index (χ0n) is 8.62. The van der Waals surface area contributed by atoms with Crippen molar-refractivity contribution < 1.29 is 19.7 Å². The van der Waals surface area contributed by atoms with Crippen LogP contribution in [0.2, 0.25) is 0 Å². The topological polar surface area (TPSA) is 58.9 Å². The highest BCUT2D eigenvalue weighted by molar-refractivity contribution is 4.61. The minimum absolute atomic E-state index is 0.0210. The average molecular weight is 192 g/mol. The predicted molar refractivity (Wildman–Crippen MR) is 49.6 cm³/mol. The maximum atomic E-state index is 9.31. The molecule has 0 fully saturated rings. The third-order valence-corrected chi connectivity index (χ3v) is 1.25. The van der Waals surface area contributed by atoms with Gasteiger partial charge in [-0.25, -0.2) is 0 Å². The summed E-state index contributed by atoms with van der Waals surface area (Å²) < 4.78 is 10.3. The highest BCUT2D eigenvalue weighted by atomic mass is 16.5. The van der Waals surface area contributed by atoms with Crippen molar-refractivity contribution in [3.63, 3.8) is 0 Å². The lowest BCUT2D eigenvalue weighted by Gasteiger charge is -2.21. The fourth-order valence-electron chi connectivity index (χ4n) is 0.678. The van der Waals surface area contributed by atoms with Crippen LogP contribution in [0.25, 0.3) is 0 Å². The van der Waals surface area contributed by atoms with E-state index in [1.807, 2.05) is 20.8 Å². The van der Waals surface area contributed by atoms with Gasteiger partial charge in [0.2, 0.25) is 0 Å². The monoisotopic (exact) mass is 192 g/mol. The molecule has 0 saturated carbocycles. The Balaban J connectivity index is 3.35. The fraction of sp³-hybridized carbons (Fsp3) is 1.00. The van der Waals surface area contributed by atoms with E-state index in [0.717, 1.165) is 0 Å². The Kier molecular flexibility index (Phi) is 6.24. The van der Waals surface area contributed by atoms with Gasteiger partial charge in [0.05, 0.1) is 32.0 Å². The Morgan fingerprint density at radius 3 is 2.31 bits per heavy atom. The van der Waals surface area contributed by atoms with Crippen LogP contribution in [0.4, 0.5) is 0 Å². The van der Waals surface area contributed by atoms with E-state index < -0.39 is 6.10 Å². The number of aliphatic hydroxyl groups excluding tert-OH is 2. The Bertz CT molecular complexity index is 119. The maximum Gasteiger partial charge on any atom is 0.101 e. The van der Waals surface area contributed by atoms with Gasteiger partial charge < -0.3 is 19.7 Å². The first kappa shape index (κ1) is 12.8. The summed E-state index contributed by atoms with van der Waals surface area (Å²) in [6.45, 7) is 6.47. The van der Waals surface area contributed by atoms with Crippen molar-refractivity contribution >= 4 is 0 Å². The van der Waals surface area contributed by atoms with Gasteiger partial charge >= 0.3 is 0 Å². The highest BCUT2D eigenvalue weighted by Crippen LogP contribution is 2.06. The lowest BCUT2D eigenvalue weighted by molar-refractivity contribution is -0.0734. The van der Waals surface area contributed by atoms with E-state index in [0.29, 0.717) is 0 Å². The molecule has 0 heterocycles. The summed E-state index contributed by atoms with van der Waals surface area (Å²) in [5, 5.41) is 17.7. The minimum atomic E-state index is -0.620. The SMILES string of the molecule is CC(C)(C)OC[C@@H](O)COCCO. The summed E-state index contributed by atoms with van der Waals surface area (Å²) in [7, 11) is 0. The molecule has 13 heavy (non-hydrogen) atoms. The second kappa shape index (κ2) is 6.32. The van der Waals surface area contributed by atoms with Gasteiger partial charge in [0, 0.05) is 0 Å². The summed E-state index contributed by atoms with van der Waals surface area (Å²) in [5.41, 5.74) is -0.238. The van der Waals surface area contributed by atoms with E-state index in [9.17, 15) is 5.11 Å². The molecule has 1 atom stereocenters. The minimum Gasteiger partial charge on any atom is -0.394 e. The molecule has 0 amide bonds. The maximum absolute atomic E-state index is 9.31. The standard InChI is InChI=1S/C9H20O4/c1-9(2,3)13-7-8(11)6-12-5-4-10/h8,10-11H,4-7H2,1-3H3/t8-/m0/s1. The van der Waals surface area contributed by atoms with Crippen molar-refractivity contribution in [1.29, 1.82) is 0 Å². The van der Waals surface area contributed by atoms with Gasteiger partial charge in [-0.15, -0.1) is 0 Å². The molecule has 0 saturated heterocycles.